The van der Waals surface area contributed by atoms with E-state index in [4.69, 9.17) is 0 Å². The molecule has 0 N–H and O–H groups in total. The van der Waals surface area contributed by atoms with Gasteiger partial charge in [-0.2, -0.15) is 0 Å². The lowest BCUT2D eigenvalue weighted by Crippen LogP contribution is -1.89. The molecule has 3 aromatic carbocycles. The van der Waals surface area contributed by atoms with E-state index in [1.54, 1.807) is 0 Å². The van der Waals surface area contributed by atoms with Gasteiger partial charge in [0.05, 0.1) is 0 Å². The summed E-state index contributed by atoms with van der Waals surface area (Å²) in [5.74, 6) is 0. The zero-order valence-corrected chi connectivity index (χ0v) is 20.7. The smallest absolute Gasteiger partial charge is 0.0103 e. The van der Waals surface area contributed by atoms with Gasteiger partial charge in [0, 0.05) is 0 Å². The number of benzene rings is 3. The largest absolute Gasteiger partial charge is 0.0654 e. The second-order valence-electron chi connectivity index (χ2n) is 9.85. The lowest BCUT2D eigenvalue weighted by Gasteiger charge is -2.09. The Balaban J connectivity index is 1.22. The molecular formula is C32H46. The van der Waals surface area contributed by atoms with Crippen molar-refractivity contribution in [1.82, 2.24) is 0 Å². The molecule has 174 valence electrons. The maximum atomic E-state index is 2.34. The molecule has 0 heterocycles. The van der Waals surface area contributed by atoms with E-state index < -0.39 is 0 Å². The van der Waals surface area contributed by atoms with Gasteiger partial charge in [-0.05, 0) is 39.9 Å². The summed E-state index contributed by atoms with van der Waals surface area (Å²) in [7, 11) is 0. The first-order chi connectivity index (χ1) is 15.9. The topological polar surface area (TPSA) is 0 Å². The highest BCUT2D eigenvalue weighted by atomic mass is 14.1. The van der Waals surface area contributed by atoms with Crippen molar-refractivity contribution in [2.45, 2.75) is 116 Å². The molecule has 0 saturated carbocycles. The molecule has 0 aliphatic heterocycles. The summed E-state index contributed by atoms with van der Waals surface area (Å²) in [6.07, 6.45) is 24.2. The van der Waals surface area contributed by atoms with Crippen molar-refractivity contribution in [1.29, 1.82) is 0 Å². The summed E-state index contributed by atoms with van der Waals surface area (Å²) in [5, 5.41) is 5.60. The summed E-state index contributed by atoms with van der Waals surface area (Å²) < 4.78 is 0. The lowest BCUT2D eigenvalue weighted by molar-refractivity contribution is 0.529. The van der Waals surface area contributed by atoms with Gasteiger partial charge in [0.15, 0.2) is 0 Å². The highest BCUT2D eigenvalue weighted by Crippen LogP contribution is 2.28. The van der Waals surface area contributed by atoms with Crippen LogP contribution in [0.4, 0.5) is 0 Å². The maximum absolute atomic E-state index is 2.34. The molecule has 0 aromatic heterocycles. The van der Waals surface area contributed by atoms with Crippen LogP contribution in [0.3, 0.4) is 0 Å². The van der Waals surface area contributed by atoms with Crippen LogP contribution in [-0.4, -0.2) is 0 Å². The fourth-order valence-electron chi connectivity index (χ4n) is 5.19. The molecule has 0 unspecified atom stereocenters. The highest BCUT2D eigenvalue weighted by Gasteiger charge is 2.04. The molecule has 0 aliphatic rings. The van der Waals surface area contributed by atoms with Crippen molar-refractivity contribution in [2.24, 2.45) is 0 Å². The van der Waals surface area contributed by atoms with E-state index in [0.29, 0.717) is 0 Å². The molecule has 3 rings (SSSR count). The van der Waals surface area contributed by atoms with Crippen LogP contribution in [0.1, 0.15) is 115 Å². The summed E-state index contributed by atoms with van der Waals surface area (Å²) >= 11 is 0. The minimum Gasteiger partial charge on any atom is -0.0654 e. The molecule has 0 amide bonds. The average Bonchev–Trinajstić information content (AvgIpc) is 2.83. The minimum absolute atomic E-state index is 1.22. The Labute approximate surface area is 197 Å². The van der Waals surface area contributed by atoms with E-state index in [2.05, 4.69) is 61.5 Å². The fraction of sp³-hybridized carbons (Fsp3) is 0.562. The Hall–Kier alpha value is -1.82. The third kappa shape index (κ3) is 8.27. The third-order valence-corrected chi connectivity index (χ3v) is 7.18. The van der Waals surface area contributed by atoms with E-state index in [9.17, 15) is 0 Å². The van der Waals surface area contributed by atoms with Crippen molar-refractivity contribution >= 4 is 21.5 Å². The van der Waals surface area contributed by atoms with Crippen molar-refractivity contribution in [3.8, 4) is 0 Å². The minimum atomic E-state index is 1.22. The lowest BCUT2D eigenvalue weighted by atomic mass is 9.95. The predicted molar refractivity (Wildman–Crippen MR) is 145 cm³/mol. The van der Waals surface area contributed by atoms with Crippen LogP contribution < -0.4 is 0 Å². The van der Waals surface area contributed by atoms with E-state index in [0.717, 1.165) is 0 Å². The van der Waals surface area contributed by atoms with Crippen molar-refractivity contribution < 1.29 is 0 Å². The van der Waals surface area contributed by atoms with Crippen LogP contribution in [0.15, 0.2) is 54.6 Å². The Kier molecular flexibility index (Phi) is 11.7. The highest BCUT2D eigenvalue weighted by molar-refractivity contribution is 6.08. The normalized spacial score (nSPS) is 11.5. The predicted octanol–water partition coefficient (Wildman–Crippen LogP) is 10.8. The standard InChI is InChI=1S/C32H46/c1-2-3-4-5-6-7-8-9-10-11-12-13-14-15-16-17-21-28-23-20-25-32-30-24-19-18-22-29(30)26-27-31(28)32/h18-20,22-27H,2-17,21H2,1H3. The zero-order chi connectivity index (χ0) is 22.3. The number of hydrogen-bond acceptors (Lipinski definition) is 0. The van der Waals surface area contributed by atoms with Gasteiger partial charge in [-0.3, -0.25) is 0 Å². The van der Waals surface area contributed by atoms with Crippen LogP contribution in [0.5, 0.6) is 0 Å². The third-order valence-electron chi connectivity index (χ3n) is 7.18. The van der Waals surface area contributed by atoms with E-state index in [-0.39, 0.29) is 0 Å². The molecular weight excluding hydrogens is 384 g/mol. The van der Waals surface area contributed by atoms with Crippen molar-refractivity contribution in [3.63, 3.8) is 0 Å². The summed E-state index contributed by atoms with van der Waals surface area (Å²) in [6, 6.07) is 20.3. The molecule has 0 bridgehead atoms. The second kappa shape index (κ2) is 15.1. The molecule has 0 aliphatic carbocycles. The van der Waals surface area contributed by atoms with Gasteiger partial charge in [0.25, 0.3) is 0 Å². The fourth-order valence-corrected chi connectivity index (χ4v) is 5.19. The van der Waals surface area contributed by atoms with E-state index in [1.165, 1.54) is 136 Å². The quantitative estimate of drug-likeness (QED) is 0.147. The van der Waals surface area contributed by atoms with E-state index in [1.807, 2.05) is 0 Å². The number of fused-ring (bicyclic) bond motifs is 3. The molecule has 0 atom stereocenters. The first-order valence-corrected chi connectivity index (χ1v) is 13.8. The number of hydrogen-bond donors (Lipinski definition) is 0. The Bertz CT molecular complexity index is 891. The molecule has 0 fully saturated rings. The summed E-state index contributed by atoms with van der Waals surface area (Å²) in [4.78, 5) is 0. The molecule has 0 spiro atoms. The summed E-state index contributed by atoms with van der Waals surface area (Å²) in [5.41, 5.74) is 1.53. The van der Waals surface area contributed by atoms with E-state index >= 15 is 0 Å². The van der Waals surface area contributed by atoms with Crippen LogP contribution in [-0.2, 0) is 6.42 Å². The van der Waals surface area contributed by atoms with Crippen LogP contribution in [0.2, 0.25) is 0 Å². The molecule has 0 radical (unpaired) electrons. The number of rotatable bonds is 17. The van der Waals surface area contributed by atoms with Gasteiger partial charge in [-0.25, -0.2) is 0 Å². The van der Waals surface area contributed by atoms with Crippen LogP contribution >= 0.6 is 0 Å². The van der Waals surface area contributed by atoms with Crippen molar-refractivity contribution in [2.75, 3.05) is 0 Å². The van der Waals surface area contributed by atoms with Gasteiger partial charge in [0.1, 0.15) is 0 Å². The van der Waals surface area contributed by atoms with Crippen LogP contribution in [0.25, 0.3) is 21.5 Å². The molecule has 0 nitrogen and oxygen atoms in total. The first kappa shape index (κ1) is 24.8. The Morgan fingerprint density at radius 3 is 1.56 bits per heavy atom. The summed E-state index contributed by atoms with van der Waals surface area (Å²) in [6.45, 7) is 2.30. The Morgan fingerprint density at radius 2 is 0.938 bits per heavy atom. The Morgan fingerprint density at radius 1 is 0.406 bits per heavy atom. The van der Waals surface area contributed by atoms with Gasteiger partial charge in [-0.15, -0.1) is 0 Å². The van der Waals surface area contributed by atoms with Gasteiger partial charge >= 0.3 is 0 Å². The average molecular weight is 431 g/mol. The van der Waals surface area contributed by atoms with Gasteiger partial charge in [-0.1, -0.05) is 158 Å². The molecule has 32 heavy (non-hydrogen) atoms. The first-order valence-electron chi connectivity index (χ1n) is 13.8. The number of aryl methyl sites for hydroxylation is 1. The van der Waals surface area contributed by atoms with Crippen molar-refractivity contribution in [3.05, 3.63) is 60.2 Å². The van der Waals surface area contributed by atoms with Gasteiger partial charge in [0.2, 0.25) is 0 Å². The number of unbranched alkanes of at least 4 members (excludes halogenated alkanes) is 15. The zero-order valence-electron chi connectivity index (χ0n) is 20.7. The van der Waals surface area contributed by atoms with Gasteiger partial charge < -0.3 is 0 Å². The van der Waals surface area contributed by atoms with Crippen LogP contribution in [0, 0.1) is 0 Å². The molecule has 0 saturated heterocycles. The molecule has 0 heteroatoms. The monoisotopic (exact) mass is 430 g/mol. The molecule has 3 aromatic rings. The second-order valence-corrected chi connectivity index (χ2v) is 9.85. The maximum Gasteiger partial charge on any atom is -0.0103 e. The SMILES string of the molecule is CCCCCCCCCCCCCCCCCCc1cccc2c1ccc1ccccc12.